The predicted molar refractivity (Wildman–Crippen MR) is 116 cm³/mol. The van der Waals surface area contributed by atoms with Crippen LogP contribution in [0.3, 0.4) is 0 Å². The van der Waals surface area contributed by atoms with E-state index in [0.29, 0.717) is 0 Å². The Morgan fingerprint density at radius 2 is 1.87 bits per heavy atom. The van der Waals surface area contributed by atoms with Gasteiger partial charge in [-0.2, -0.15) is 0 Å². The minimum atomic E-state index is -0.307. The number of rotatable bonds is 4. The van der Waals surface area contributed by atoms with E-state index in [9.17, 15) is 9.18 Å². The molecule has 0 aromatic heterocycles. The summed E-state index contributed by atoms with van der Waals surface area (Å²) in [6.45, 7) is 8.77. The topological polar surface area (TPSA) is 41.6 Å². The van der Waals surface area contributed by atoms with Crippen LogP contribution in [0.15, 0.2) is 42.5 Å². The van der Waals surface area contributed by atoms with Crippen LogP contribution >= 0.6 is 0 Å². The smallest absolute Gasteiger partial charge is 0.223 e. The molecule has 1 fully saturated rings. The lowest BCUT2D eigenvalue weighted by Gasteiger charge is -2.39. The number of likely N-dealkylation sites (tertiary alicyclic amines) is 1. The van der Waals surface area contributed by atoms with Crippen molar-refractivity contribution in [3.63, 3.8) is 0 Å². The van der Waals surface area contributed by atoms with Crippen molar-refractivity contribution in [3.05, 3.63) is 65.0 Å². The maximum absolute atomic E-state index is 13.1. The van der Waals surface area contributed by atoms with Gasteiger partial charge in [0.15, 0.2) is 0 Å². The Hall–Kier alpha value is -2.40. The Kier molecular flexibility index (Phi) is 5.83. The Morgan fingerprint density at radius 3 is 2.57 bits per heavy atom. The van der Waals surface area contributed by atoms with Crippen LogP contribution in [0.5, 0.6) is 5.75 Å². The maximum Gasteiger partial charge on any atom is 0.223 e. The Bertz CT molecular complexity index is 902. The van der Waals surface area contributed by atoms with Gasteiger partial charge >= 0.3 is 0 Å². The zero-order valence-corrected chi connectivity index (χ0v) is 18.1. The van der Waals surface area contributed by atoms with E-state index in [1.165, 1.54) is 17.7 Å². The lowest BCUT2D eigenvalue weighted by molar-refractivity contribution is -0.127. The number of nitrogens with zero attached hydrogens (tertiary/aromatic N) is 1. The molecule has 160 valence electrons. The molecule has 2 aromatic rings. The van der Waals surface area contributed by atoms with E-state index < -0.39 is 0 Å². The van der Waals surface area contributed by atoms with Crippen molar-refractivity contribution in [2.45, 2.75) is 58.2 Å². The molecular weight excluding hydrogens is 379 g/mol. The van der Waals surface area contributed by atoms with Crippen LogP contribution in [0.4, 0.5) is 4.39 Å². The highest BCUT2D eigenvalue weighted by molar-refractivity contribution is 5.79. The normalized spacial score (nSPS) is 21.5. The van der Waals surface area contributed by atoms with E-state index >= 15 is 0 Å². The summed E-state index contributed by atoms with van der Waals surface area (Å²) < 4.78 is 19.2. The summed E-state index contributed by atoms with van der Waals surface area (Å²) in [7, 11) is 0. The van der Waals surface area contributed by atoms with Crippen molar-refractivity contribution >= 4 is 5.91 Å². The lowest BCUT2D eigenvalue weighted by atomic mass is 9.88. The third-order valence-electron chi connectivity index (χ3n) is 6.22. The van der Waals surface area contributed by atoms with Crippen LogP contribution in [0, 0.1) is 18.7 Å². The number of carbonyl (C=O) groups is 1. The molecule has 0 aliphatic carbocycles. The number of carbonyl (C=O) groups excluding carboxylic acids is 1. The van der Waals surface area contributed by atoms with Gasteiger partial charge in [0.05, 0.1) is 6.04 Å². The first-order chi connectivity index (χ1) is 14.3. The molecule has 0 radical (unpaired) electrons. The van der Waals surface area contributed by atoms with Crippen molar-refractivity contribution in [2.75, 3.05) is 13.1 Å². The van der Waals surface area contributed by atoms with Crippen LogP contribution in [-0.4, -0.2) is 29.5 Å². The second-order valence-electron chi connectivity index (χ2n) is 9.35. The van der Waals surface area contributed by atoms with Gasteiger partial charge in [-0.15, -0.1) is 0 Å². The summed E-state index contributed by atoms with van der Waals surface area (Å²) in [6.07, 6.45) is 2.46. The van der Waals surface area contributed by atoms with E-state index in [0.717, 1.165) is 55.8 Å². The van der Waals surface area contributed by atoms with Gasteiger partial charge in [0.1, 0.15) is 17.2 Å². The number of ether oxygens (including phenoxy) is 1. The van der Waals surface area contributed by atoms with Crippen LogP contribution in [0.25, 0.3) is 0 Å². The zero-order chi connectivity index (χ0) is 21.3. The Balaban J connectivity index is 1.36. The molecule has 2 aliphatic rings. The molecule has 0 saturated carbocycles. The summed E-state index contributed by atoms with van der Waals surface area (Å²) in [6, 6.07) is 12.8. The molecule has 2 aromatic carbocycles. The van der Waals surface area contributed by atoms with Gasteiger partial charge in [-0.05, 0) is 70.5 Å². The Labute approximate surface area is 178 Å². The van der Waals surface area contributed by atoms with Gasteiger partial charge in [0, 0.05) is 24.4 Å². The van der Waals surface area contributed by atoms with Gasteiger partial charge in [-0.25, -0.2) is 4.39 Å². The van der Waals surface area contributed by atoms with E-state index in [4.69, 9.17) is 4.74 Å². The first-order valence-corrected chi connectivity index (χ1v) is 10.9. The van der Waals surface area contributed by atoms with Gasteiger partial charge in [-0.3, -0.25) is 9.69 Å². The highest BCUT2D eigenvalue weighted by atomic mass is 19.1. The molecule has 2 aliphatic heterocycles. The lowest BCUT2D eigenvalue weighted by Crippen LogP contribution is -2.45. The van der Waals surface area contributed by atoms with Gasteiger partial charge in [-0.1, -0.05) is 29.8 Å². The molecule has 1 amide bonds. The summed E-state index contributed by atoms with van der Waals surface area (Å²) in [5.74, 6) is 0.846. The van der Waals surface area contributed by atoms with Crippen molar-refractivity contribution in [3.8, 4) is 5.75 Å². The zero-order valence-electron chi connectivity index (χ0n) is 18.1. The largest absolute Gasteiger partial charge is 0.487 e. The predicted octanol–water partition coefficient (Wildman–Crippen LogP) is 4.76. The summed E-state index contributed by atoms with van der Waals surface area (Å²) >= 11 is 0. The average molecular weight is 411 g/mol. The average Bonchev–Trinajstić information content (AvgIpc) is 2.70. The maximum atomic E-state index is 13.1. The molecule has 1 saturated heterocycles. The second kappa shape index (κ2) is 8.38. The summed E-state index contributed by atoms with van der Waals surface area (Å²) in [5, 5.41) is 3.32. The van der Waals surface area contributed by atoms with Crippen molar-refractivity contribution in [1.29, 1.82) is 0 Å². The SMILES string of the molecule is Cc1ccc2c(c1)C(NC(=O)C1CCN(Cc3ccc(F)cc3)CC1)CC(C)(C)O2. The molecule has 5 heteroatoms. The van der Waals surface area contributed by atoms with Crippen LogP contribution in [-0.2, 0) is 11.3 Å². The molecular formula is C25H31FN2O2. The fraction of sp³-hybridized carbons (Fsp3) is 0.480. The molecule has 4 rings (SSSR count). The molecule has 30 heavy (non-hydrogen) atoms. The van der Waals surface area contributed by atoms with E-state index in [2.05, 4.69) is 43.1 Å². The molecule has 0 bridgehead atoms. The first-order valence-electron chi connectivity index (χ1n) is 10.9. The number of amides is 1. The number of hydrogen-bond acceptors (Lipinski definition) is 3. The minimum Gasteiger partial charge on any atom is -0.487 e. The number of fused-ring (bicyclic) bond motifs is 1. The Morgan fingerprint density at radius 1 is 1.17 bits per heavy atom. The van der Waals surface area contributed by atoms with Crippen molar-refractivity contribution in [1.82, 2.24) is 10.2 Å². The third kappa shape index (κ3) is 4.84. The van der Waals surface area contributed by atoms with Gasteiger partial charge in [0.25, 0.3) is 0 Å². The standard InChI is InChI=1S/C25H31FN2O2/c1-17-4-9-23-21(14-17)22(15-25(2,3)30-23)27-24(29)19-10-12-28(13-11-19)16-18-5-7-20(26)8-6-18/h4-9,14,19,22H,10-13,15-16H2,1-3H3,(H,27,29). The van der Waals surface area contributed by atoms with Crippen molar-refractivity contribution in [2.24, 2.45) is 5.92 Å². The number of halogens is 1. The molecule has 1 N–H and O–H groups in total. The highest BCUT2D eigenvalue weighted by Gasteiger charge is 2.36. The fourth-order valence-electron chi connectivity index (χ4n) is 4.59. The van der Waals surface area contributed by atoms with E-state index in [-0.39, 0.29) is 29.3 Å². The van der Waals surface area contributed by atoms with Gasteiger partial charge in [0.2, 0.25) is 5.91 Å². The molecule has 1 atom stereocenters. The quantitative estimate of drug-likeness (QED) is 0.790. The third-order valence-corrected chi connectivity index (χ3v) is 6.22. The number of benzene rings is 2. The number of nitrogens with one attached hydrogen (secondary N) is 1. The fourth-order valence-corrected chi connectivity index (χ4v) is 4.59. The van der Waals surface area contributed by atoms with E-state index in [1.54, 1.807) is 0 Å². The molecule has 0 spiro atoms. The second-order valence-corrected chi connectivity index (χ2v) is 9.35. The van der Waals surface area contributed by atoms with Crippen LogP contribution in [0.2, 0.25) is 0 Å². The number of hydrogen-bond donors (Lipinski definition) is 1. The minimum absolute atomic E-state index is 0.0200. The summed E-state index contributed by atoms with van der Waals surface area (Å²) in [4.78, 5) is 15.4. The number of aryl methyl sites for hydroxylation is 1. The highest BCUT2D eigenvalue weighted by Crippen LogP contribution is 2.40. The first kappa shape index (κ1) is 20.9. The van der Waals surface area contributed by atoms with Crippen LogP contribution in [0.1, 0.15) is 55.8 Å². The van der Waals surface area contributed by atoms with Gasteiger partial charge < -0.3 is 10.1 Å². The summed E-state index contributed by atoms with van der Waals surface area (Å²) in [5.41, 5.74) is 3.05. The molecule has 4 nitrogen and oxygen atoms in total. The van der Waals surface area contributed by atoms with Crippen molar-refractivity contribution < 1.29 is 13.9 Å². The van der Waals surface area contributed by atoms with E-state index in [1.807, 2.05) is 18.2 Å². The monoisotopic (exact) mass is 410 g/mol. The van der Waals surface area contributed by atoms with Crippen LogP contribution < -0.4 is 10.1 Å². The molecule has 2 heterocycles. The molecule has 1 unspecified atom stereocenters. The number of piperidine rings is 1.